The molecule has 6 nitrogen and oxygen atoms in total. The predicted octanol–water partition coefficient (Wildman–Crippen LogP) is 1.65. The number of sulfonamides is 1. The Labute approximate surface area is 125 Å². The van der Waals surface area contributed by atoms with E-state index in [1.54, 1.807) is 4.68 Å². The summed E-state index contributed by atoms with van der Waals surface area (Å²) >= 11 is 0. The first-order chi connectivity index (χ1) is 9.92. The Balaban J connectivity index is 2.22. The number of aryl methyl sites for hydroxylation is 3. The zero-order valence-corrected chi connectivity index (χ0v) is 13.0. The van der Waals surface area contributed by atoms with Crippen LogP contribution in [0.15, 0.2) is 35.5 Å². The lowest BCUT2D eigenvalue weighted by Crippen LogP contribution is -2.13. The molecule has 3 N–H and O–H groups in total. The number of hydrogen-bond acceptors (Lipinski definition) is 4. The van der Waals surface area contributed by atoms with Crippen LogP contribution < -0.4 is 10.5 Å². The molecule has 0 atom stereocenters. The summed E-state index contributed by atoms with van der Waals surface area (Å²) < 4.78 is 28.9. The highest BCUT2D eigenvalue weighted by Crippen LogP contribution is 2.20. The third-order valence-corrected chi connectivity index (χ3v) is 4.47. The molecule has 0 bridgehead atoms. The number of rotatable bonds is 6. The predicted molar refractivity (Wildman–Crippen MR) is 82.6 cm³/mol. The Morgan fingerprint density at radius 1 is 1.33 bits per heavy atom. The van der Waals surface area contributed by atoms with Crippen molar-refractivity contribution in [3.05, 3.63) is 41.7 Å². The second kappa shape index (κ2) is 6.28. The van der Waals surface area contributed by atoms with Gasteiger partial charge in [0.15, 0.2) is 0 Å². The molecule has 0 radical (unpaired) electrons. The minimum absolute atomic E-state index is 0.153. The molecule has 2 rings (SSSR count). The normalized spacial score (nSPS) is 11.6. The van der Waals surface area contributed by atoms with E-state index in [0.717, 1.165) is 17.5 Å². The summed E-state index contributed by atoms with van der Waals surface area (Å²) in [7, 11) is -3.62. The monoisotopic (exact) mass is 308 g/mol. The van der Waals surface area contributed by atoms with E-state index in [1.165, 1.54) is 12.4 Å². The summed E-state index contributed by atoms with van der Waals surface area (Å²) in [5, 5.41) is 4.04. The van der Waals surface area contributed by atoms with Crippen molar-refractivity contribution in [3.8, 4) is 0 Å². The summed E-state index contributed by atoms with van der Waals surface area (Å²) in [5.74, 6) is 0. The molecular weight excluding hydrogens is 288 g/mol. The zero-order chi connectivity index (χ0) is 15.5. The highest BCUT2D eigenvalue weighted by atomic mass is 32.2. The highest BCUT2D eigenvalue weighted by Gasteiger charge is 2.17. The van der Waals surface area contributed by atoms with E-state index in [0.29, 0.717) is 18.8 Å². The summed E-state index contributed by atoms with van der Waals surface area (Å²) in [6.07, 6.45) is 3.62. The third kappa shape index (κ3) is 3.83. The van der Waals surface area contributed by atoms with Gasteiger partial charge in [-0.15, -0.1) is 0 Å². The van der Waals surface area contributed by atoms with Crippen LogP contribution in [0.25, 0.3) is 0 Å². The van der Waals surface area contributed by atoms with Crippen LogP contribution in [0.3, 0.4) is 0 Å². The average Bonchev–Trinajstić information content (AvgIpc) is 2.90. The lowest BCUT2D eigenvalue weighted by atomic mass is 10.1. The van der Waals surface area contributed by atoms with E-state index >= 15 is 0 Å². The lowest BCUT2D eigenvalue weighted by Gasteiger charge is -2.10. The van der Waals surface area contributed by atoms with Crippen molar-refractivity contribution < 1.29 is 8.42 Å². The minimum atomic E-state index is -3.62. The van der Waals surface area contributed by atoms with Gasteiger partial charge in [0, 0.05) is 12.7 Å². The van der Waals surface area contributed by atoms with Gasteiger partial charge in [0.25, 0.3) is 10.0 Å². The molecule has 21 heavy (non-hydrogen) atoms. The maximum absolute atomic E-state index is 12.4. The number of benzene rings is 1. The van der Waals surface area contributed by atoms with E-state index in [4.69, 9.17) is 5.73 Å². The third-order valence-electron chi connectivity index (χ3n) is 3.15. The molecule has 114 valence electrons. The van der Waals surface area contributed by atoms with Gasteiger partial charge in [-0.1, -0.05) is 12.1 Å². The molecule has 1 heterocycles. The zero-order valence-electron chi connectivity index (χ0n) is 12.2. The average molecular weight is 308 g/mol. The van der Waals surface area contributed by atoms with Gasteiger partial charge in [0.1, 0.15) is 4.90 Å². The first-order valence-electron chi connectivity index (χ1n) is 6.75. The van der Waals surface area contributed by atoms with Gasteiger partial charge in [-0.25, -0.2) is 8.42 Å². The lowest BCUT2D eigenvalue weighted by molar-refractivity contribution is 0.582. The number of nitrogens with zero attached hydrogens (tertiary/aromatic N) is 2. The van der Waals surface area contributed by atoms with Gasteiger partial charge in [0.05, 0.1) is 11.9 Å². The fourth-order valence-electron chi connectivity index (χ4n) is 1.91. The van der Waals surface area contributed by atoms with Crippen molar-refractivity contribution in [2.24, 2.45) is 5.73 Å². The standard InChI is InChI=1S/C14H20N4O2S/c1-11-4-5-12(2)14(8-11)17-21(19,20)13-9-16-18(10-13)7-3-6-15/h4-5,8-10,17H,3,6-7,15H2,1-2H3. The van der Waals surface area contributed by atoms with Crippen molar-refractivity contribution in [3.63, 3.8) is 0 Å². The smallest absolute Gasteiger partial charge is 0.265 e. The first-order valence-corrected chi connectivity index (χ1v) is 8.23. The molecular formula is C14H20N4O2S. The van der Waals surface area contributed by atoms with E-state index < -0.39 is 10.0 Å². The fourth-order valence-corrected chi connectivity index (χ4v) is 2.98. The van der Waals surface area contributed by atoms with Gasteiger partial charge in [0.2, 0.25) is 0 Å². The first kappa shape index (κ1) is 15.5. The van der Waals surface area contributed by atoms with Gasteiger partial charge in [-0.05, 0) is 44.0 Å². The van der Waals surface area contributed by atoms with Crippen molar-refractivity contribution in [1.82, 2.24) is 9.78 Å². The molecule has 0 fully saturated rings. The van der Waals surface area contributed by atoms with Gasteiger partial charge in [-0.3, -0.25) is 9.40 Å². The number of aromatic nitrogens is 2. The molecule has 0 saturated carbocycles. The second-order valence-corrected chi connectivity index (χ2v) is 6.69. The Morgan fingerprint density at radius 3 is 2.81 bits per heavy atom. The molecule has 2 aromatic rings. The SMILES string of the molecule is Cc1ccc(C)c(NS(=O)(=O)c2cnn(CCCN)c2)c1. The highest BCUT2D eigenvalue weighted by molar-refractivity contribution is 7.92. The molecule has 1 aromatic carbocycles. The van der Waals surface area contributed by atoms with E-state index in [1.807, 2.05) is 32.0 Å². The number of nitrogens with two attached hydrogens (primary N) is 1. The van der Waals surface area contributed by atoms with Gasteiger partial charge >= 0.3 is 0 Å². The van der Waals surface area contributed by atoms with Crippen molar-refractivity contribution >= 4 is 15.7 Å². The molecule has 7 heteroatoms. The topological polar surface area (TPSA) is 90.0 Å². The van der Waals surface area contributed by atoms with Crippen LogP contribution >= 0.6 is 0 Å². The quantitative estimate of drug-likeness (QED) is 0.849. The fraction of sp³-hybridized carbons (Fsp3) is 0.357. The second-order valence-electron chi connectivity index (χ2n) is 5.01. The maximum Gasteiger partial charge on any atom is 0.265 e. The van der Waals surface area contributed by atoms with Crippen LogP contribution in [-0.2, 0) is 16.6 Å². The molecule has 0 saturated heterocycles. The number of nitrogens with one attached hydrogen (secondary N) is 1. The molecule has 0 aliphatic carbocycles. The van der Waals surface area contributed by atoms with Crippen molar-refractivity contribution in [2.75, 3.05) is 11.3 Å². The van der Waals surface area contributed by atoms with Crippen LogP contribution in [-0.4, -0.2) is 24.7 Å². The van der Waals surface area contributed by atoms with Crippen molar-refractivity contribution in [2.45, 2.75) is 31.7 Å². The minimum Gasteiger partial charge on any atom is -0.330 e. The van der Waals surface area contributed by atoms with Crippen LogP contribution in [0, 0.1) is 13.8 Å². The molecule has 1 aromatic heterocycles. The summed E-state index contributed by atoms with van der Waals surface area (Å²) in [4.78, 5) is 0.153. The van der Waals surface area contributed by atoms with Gasteiger partial charge in [-0.2, -0.15) is 5.10 Å². The van der Waals surface area contributed by atoms with Crippen molar-refractivity contribution in [1.29, 1.82) is 0 Å². The summed E-state index contributed by atoms with van der Waals surface area (Å²) in [6.45, 7) is 4.93. The Bertz CT molecular complexity index is 722. The number of anilines is 1. The van der Waals surface area contributed by atoms with E-state index in [9.17, 15) is 8.42 Å². The Kier molecular flexibility index (Phi) is 4.64. The Morgan fingerprint density at radius 2 is 2.10 bits per heavy atom. The van der Waals surface area contributed by atoms with Crippen LogP contribution in [0.2, 0.25) is 0 Å². The largest absolute Gasteiger partial charge is 0.330 e. The van der Waals surface area contributed by atoms with E-state index in [-0.39, 0.29) is 4.90 Å². The maximum atomic E-state index is 12.4. The van der Waals surface area contributed by atoms with E-state index in [2.05, 4.69) is 9.82 Å². The molecule has 0 spiro atoms. The molecule has 0 amide bonds. The Hall–Kier alpha value is -1.86. The van der Waals surface area contributed by atoms with Crippen LogP contribution in [0.1, 0.15) is 17.5 Å². The summed E-state index contributed by atoms with van der Waals surface area (Å²) in [6, 6.07) is 5.64. The molecule has 0 unspecified atom stereocenters. The summed E-state index contributed by atoms with van der Waals surface area (Å²) in [5.41, 5.74) is 7.89. The van der Waals surface area contributed by atoms with Crippen LogP contribution in [0.5, 0.6) is 0 Å². The molecule has 0 aliphatic rings. The van der Waals surface area contributed by atoms with Gasteiger partial charge < -0.3 is 5.73 Å². The number of hydrogen-bond donors (Lipinski definition) is 2. The van der Waals surface area contributed by atoms with Crippen LogP contribution in [0.4, 0.5) is 5.69 Å². The molecule has 0 aliphatic heterocycles.